The number of aromatic nitrogens is 2. The lowest BCUT2D eigenvalue weighted by atomic mass is 10.2. The fraction of sp³-hybridized carbons (Fsp3) is 0.0625. The van der Waals surface area contributed by atoms with E-state index in [1.165, 1.54) is 6.33 Å². The molecule has 2 aromatic carbocycles. The van der Waals surface area contributed by atoms with Gasteiger partial charge in [0.25, 0.3) is 0 Å². The van der Waals surface area contributed by atoms with Gasteiger partial charge in [0.2, 0.25) is 0 Å². The summed E-state index contributed by atoms with van der Waals surface area (Å²) in [6, 6.07) is 15.9. The summed E-state index contributed by atoms with van der Waals surface area (Å²) < 4.78 is 5.14. The second kappa shape index (κ2) is 5.47. The number of fused-ring (bicyclic) bond motifs is 1. The molecule has 101 valence electrons. The summed E-state index contributed by atoms with van der Waals surface area (Å²) in [5, 5.41) is 12.9. The summed E-state index contributed by atoms with van der Waals surface area (Å²) >= 11 is 0. The molecule has 0 unspecified atom stereocenters. The van der Waals surface area contributed by atoms with Gasteiger partial charge in [-0.05, 0) is 30.3 Å². The van der Waals surface area contributed by atoms with Crippen LogP contribution in [0.25, 0.3) is 10.9 Å². The number of hydrogen-bond acceptors (Lipinski definition) is 5. The van der Waals surface area contributed by atoms with E-state index in [9.17, 15) is 0 Å². The summed E-state index contributed by atoms with van der Waals surface area (Å²) in [6.07, 6.45) is 1.49. The van der Waals surface area contributed by atoms with Crippen LogP contribution in [0.3, 0.4) is 0 Å². The first-order valence-electron chi connectivity index (χ1n) is 6.28. The number of rotatable bonds is 3. The Kier molecular flexibility index (Phi) is 3.36. The van der Waals surface area contributed by atoms with Crippen molar-refractivity contribution < 1.29 is 4.74 Å². The second-order valence-corrected chi connectivity index (χ2v) is 4.34. The van der Waals surface area contributed by atoms with Crippen LogP contribution in [0.15, 0.2) is 42.7 Å². The lowest BCUT2D eigenvalue weighted by Gasteiger charge is -2.09. The molecule has 0 saturated heterocycles. The minimum absolute atomic E-state index is 0.617. The van der Waals surface area contributed by atoms with Crippen LogP contribution in [0.1, 0.15) is 5.56 Å². The minimum atomic E-state index is 0.617. The maximum atomic E-state index is 8.80. The van der Waals surface area contributed by atoms with E-state index in [0.29, 0.717) is 17.1 Å². The SMILES string of the molecule is COc1[c]cc2c(Nc3ccc(C#N)cc3)ncnc2c1. The number of methoxy groups -OCH3 is 1. The summed E-state index contributed by atoms with van der Waals surface area (Å²) in [7, 11) is 1.59. The summed E-state index contributed by atoms with van der Waals surface area (Å²) in [4.78, 5) is 8.48. The highest BCUT2D eigenvalue weighted by Crippen LogP contribution is 2.25. The van der Waals surface area contributed by atoms with Gasteiger partial charge < -0.3 is 10.1 Å². The molecule has 1 aromatic heterocycles. The largest absolute Gasteiger partial charge is 0.496 e. The van der Waals surface area contributed by atoms with Gasteiger partial charge in [0, 0.05) is 23.2 Å². The van der Waals surface area contributed by atoms with Crippen molar-refractivity contribution in [3.63, 3.8) is 0 Å². The van der Waals surface area contributed by atoms with Gasteiger partial charge in [0.05, 0.1) is 24.3 Å². The highest BCUT2D eigenvalue weighted by Gasteiger charge is 2.05. The molecule has 5 heteroatoms. The van der Waals surface area contributed by atoms with Crippen molar-refractivity contribution in [2.45, 2.75) is 0 Å². The minimum Gasteiger partial charge on any atom is -0.496 e. The van der Waals surface area contributed by atoms with Crippen LogP contribution < -0.4 is 10.1 Å². The normalized spacial score (nSPS) is 10.1. The first-order valence-corrected chi connectivity index (χ1v) is 6.28. The van der Waals surface area contributed by atoms with Gasteiger partial charge >= 0.3 is 0 Å². The van der Waals surface area contributed by atoms with Crippen LogP contribution in [-0.2, 0) is 0 Å². The zero-order chi connectivity index (χ0) is 14.7. The van der Waals surface area contributed by atoms with Crippen molar-refractivity contribution >= 4 is 22.4 Å². The maximum Gasteiger partial charge on any atom is 0.141 e. The van der Waals surface area contributed by atoms with Gasteiger partial charge in [-0.2, -0.15) is 5.26 Å². The quantitative estimate of drug-likeness (QED) is 0.795. The molecular weight excluding hydrogens is 264 g/mol. The van der Waals surface area contributed by atoms with Gasteiger partial charge in [-0.25, -0.2) is 9.97 Å². The number of ether oxygens (including phenoxy) is 1. The van der Waals surface area contributed by atoms with Gasteiger partial charge in [-0.15, -0.1) is 0 Å². The van der Waals surface area contributed by atoms with E-state index in [4.69, 9.17) is 10.00 Å². The van der Waals surface area contributed by atoms with Crippen molar-refractivity contribution in [2.75, 3.05) is 12.4 Å². The van der Waals surface area contributed by atoms with E-state index in [-0.39, 0.29) is 0 Å². The van der Waals surface area contributed by atoms with Gasteiger partial charge in [0.1, 0.15) is 17.9 Å². The van der Waals surface area contributed by atoms with Crippen molar-refractivity contribution in [3.8, 4) is 11.8 Å². The molecule has 0 saturated carbocycles. The number of nitriles is 1. The van der Waals surface area contributed by atoms with Crippen LogP contribution in [-0.4, -0.2) is 17.1 Å². The Hall–Kier alpha value is -3.13. The monoisotopic (exact) mass is 275 g/mol. The predicted molar refractivity (Wildman–Crippen MR) is 79.4 cm³/mol. The average Bonchev–Trinajstić information content (AvgIpc) is 2.55. The molecule has 1 heterocycles. The third-order valence-corrected chi connectivity index (χ3v) is 3.04. The second-order valence-electron chi connectivity index (χ2n) is 4.34. The molecule has 0 aliphatic rings. The Morgan fingerprint density at radius 1 is 1.24 bits per heavy atom. The van der Waals surface area contributed by atoms with Crippen molar-refractivity contribution in [1.82, 2.24) is 9.97 Å². The van der Waals surface area contributed by atoms with Gasteiger partial charge in [0.15, 0.2) is 0 Å². The molecule has 0 aliphatic carbocycles. The number of anilines is 2. The topological polar surface area (TPSA) is 70.8 Å². The molecule has 21 heavy (non-hydrogen) atoms. The fourth-order valence-corrected chi connectivity index (χ4v) is 1.96. The smallest absolute Gasteiger partial charge is 0.141 e. The van der Waals surface area contributed by atoms with Crippen LogP contribution in [0.2, 0.25) is 0 Å². The zero-order valence-electron chi connectivity index (χ0n) is 11.3. The molecular formula is C16H11N4O. The van der Waals surface area contributed by atoms with Crippen LogP contribution >= 0.6 is 0 Å². The first kappa shape index (κ1) is 12.9. The molecule has 0 aliphatic heterocycles. The number of nitrogens with one attached hydrogen (secondary N) is 1. The van der Waals surface area contributed by atoms with Crippen LogP contribution in [0.4, 0.5) is 11.5 Å². The fourth-order valence-electron chi connectivity index (χ4n) is 1.96. The molecule has 0 spiro atoms. The lowest BCUT2D eigenvalue weighted by molar-refractivity contribution is 0.414. The molecule has 5 nitrogen and oxygen atoms in total. The van der Waals surface area contributed by atoms with E-state index in [1.807, 2.05) is 12.1 Å². The third kappa shape index (κ3) is 2.60. The molecule has 3 rings (SSSR count). The number of hydrogen-bond donors (Lipinski definition) is 1. The van der Waals surface area contributed by atoms with E-state index >= 15 is 0 Å². The highest BCUT2D eigenvalue weighted by molar-refractivity contribution is 5.91. The Morgan fingerprint density at radius 2 is 2.05 bits per heavy atom. The number of benzene rings is 2. The Balaban J connectivity index is 1.98. The average molecular weight is 275 g/mol. The summed E-state index contributed by atoms with van der Waals surface area (Å²) in [5.74, 6) is 1.31. The van der Waals surface area contributed by atoms with E-state index in [1.54, 1.807) is 31.4 Å². The maximum absolute atomic E-state index is 8.80. The lowest BCUT2D eigenvalue weighted by Crippen LogP contribution is -1.96. The first-order chi connectivity index (χ1) is 10.3. The molecule has 0 bridgehead atoms. The zero-order valence-corrected chi connectivity index (χ0v) is 11.3. The van der Waals surface area contributed by atoms with E-state index < -0.39 is 0 Å². The summed E-state index contributed by atoms with van der Waals surface area (Å²) in [6.45, 7) is 0. The van der Waals surface area contributed by atoms with Crippen molar-refractivity contribution in [3.05, 3.63) is 54.4 Å². The van der Waals surface area contributed by atoms with Gasteiger partial charge in [-0.1, -0.05) is 0 Å². The van der Waals surface area contributed by atoms with Crippen LogP contribution in [0.5, 0.6) is 5.75 Å². The van der Waals surface area contributed by atoms with Crippen LogP contribution in [0, 0.1) is 17.4 Å². The molecule has 0 fully saturated rings. The van der Waals surface area contributed by atoms with E-state index in [2.05, 4.69) is 27.4 Å². The Labute approximate surface area is 121 Å². The standard InChI is InChI=1S/C16H11N4O/c1-21-13-6-7-14-15(8-13)18-10-19-16(14)20-12-4-2-11(9-17)3-5-12/h2-5,7-8,10H,1H3,(H,18,19,20). The molecule has 1 N–H and O–H groups in total. The molecule has 0 atom stereocenters. The van der Waals surface area contributed by atoms with Crippen molar-refractivity contribution in [1.29, 1.82) is 5.26 Å². The summed E-state index contributed by atoms with van der Waals surface area (Å²) in [5.41, 5.74) is 2.24. The third-order valence-electron chi connectivity index (χ3n) is 3.04. The van der Waals surface area contributed by atoms with Crippen molar-refractivity contribution in [2.24, 2.45) is 0 Å². The highest BCUT2D eigenvalue weighted by atomic mass is 16.5. The Bertz CT molecular complexity index is 822. The number of nitrogens with zero attached hydrogens (tertiary/aromatic N) is 3. The van der Waals surface area contributed by atoms with Gasteiger partial charge in [-0.3, -0.25) is 0 Å². The Morgan fingerprint density at radius 3 is 2.76 bits per heavy atom. The molecule has 0 amide bonds. The molecule has 3 aromatic rings. The molecule has 1 radical (unpaired) electrons. The predicted octanol–water partition coefficient (Wildman–Crippen LogP) is 3.05. The van der Waals surface area contributed by atoms with E-state index in [0.717, 1.165) is 16.6 Å².